The lowest BCUT2D eigenvalue weighted by Crippen LogP contribution is -2.00. The third kappa shape index (κ3) is 6.99. The molecule has 0 aliphatic rings. The summed E-state index contributed by atoms with van der Waals surface area (Å²) >= 11 is 0. The molecule has 0 unspecified atom stereocenters. The van der Waals surface area contributed by atoms with E-state index in [1.54, 1.807) is 0 Å². The first-order valence-electron chi connectivity index (χ1n) is 18.2. The minimum Gasteiger partial charge on any atom is -0.208 e. The Bertz CT molecular complexity index is 2630. The van der Waals surface area contributed by atoms with Crippen LogP contribution in [0, 0.1) is 0 Å². The van der Waals surface area contributed by atoms with Crippen LogP contribution in [0.4, 0.5) is 0 Å². The summed E-state index contributed by atoms with van der Waals surface area (Å²) in [6, 6.07) is 74.3. The molecule has 0 bridgehead atoms. The molecule has 3 heteroatoms. The molecule has 0 spiro atoms. The average Bonchev–Trinajstić information content (AvgIpc) is 3.27. The molecule has 254 valence electrons. The number of nitrogens with zero attached hydrogens (tertiary/aromatic N) is 3. The van der Waals surface area contributed by atoms with Gasteiger partial charge in [0, 0.05) is 16.7 Å². The molecule has 3 nitrogen and oxygen atoms in total. The Hall–Kier alpha value is -7.23. The fraction of sp³-hybridized carbons (Fsp3) is 0. The van der Waals surface area contributed by atoms with Gasteiger partial charge in [-0.3, -0.25) is 0 Å². The summed E-state index contributed by atoms with van der Waals surface area (Å²) in [6.45, 7) is 0. The predicted octanol–water partition coefficient (Wildman–Crippen LogP) is 13.2. The Morgan fingerprint density at radius 1 is 0.167 bits per heavy atom. The number of hydrogen-bond acceptors (Lipinski definition) is 3. The summed E-state index contributed by atoms with van der Waals surface area (Å²) in [5.74, 6) is 1.90. The van der Waals surface area contributed by atoms with Crippen molar-refractivity contribution in [2.75, 3.05) is 0 Å². The molecule has 0 saturated heterocycles. The van der Waals surface area contributed by atoms with Crippen LogP contribution in [-0.4, -0.2) is 15.0 Å². The van der Waals surface area contributed by atoms with Gasteiger partial charge >= 0.3 is 0 Å². The zero-order valence-corrected chi connectivity index (χ0v) is 29.5. The van der Waals surface area contributed by atoms with Gasteiger partial charge in [-0.05, 0) is 92.0 Å². The van der Waals surface area contributed by atoms with Crippen molar-refractivity contribution in [3.8, 4) is 89.8 Å². The normalized spacial score (nSPS) is 11.0. The highest BCUT2D eigenvalue weighted by Crippen LogP contribution is 2.35. The molecule has 0 amide bonds. The first kappa shape index (κ1) is 32.7. The third-order valence-corrected chi connectivity index (χ3v) is 9.69. The summed E-state index contributed by atoms with van der Waals surface area (Å²) in [6.07, 6.45) is 0. The first-order chi connectivity index (χ1) is 26.7. The maximum atomic E-state index is 5.09. The van der Waals surface area contributed by atoms with E-state index in [2.05, 4.69) is 176 Å². The second kappa shape index (κ2) is 14.8. The van der Waals surface area contributed by atoms with Gasteiger partial charge in [0.25, 0.3) is 0 Å². The molecule has 1 aromatic heterocycles. The summed E-state index contributed by atoms with van der Waals surface area (Å²) in [5, 5.41) is 0. The number of hydrogen-bond donors (Lipinski definition) is 0. The summed E-state index contributed by atoms with van der Waals surface area (Å²) in [4.78, 5) is 15.1. The molecule has 54 heavy (non-hydrogen) atoms. The van der Waals surface area contributed by atoms with E-state index in [-0.39, 0.29) is 0 Å². The Morgan fingerprint density at radius 2 is 0.389 bits per heavy atom. The van der Waals surface area contributed by atoms with E-state index < -0.39 is 0 Å². The fourth-order valence-corrected chi connectivity index (χ4v) is 6.92. The lowest BCUT2D eigenvalue weighted by Gasteiger charge is -2.13. The van der Waals surface area contributed by atoms with E-state index in [9.17, 15) is 0 Å². The summed E-state index contributed by atoms with van der Waals surface area (Å²) in [7, 11) is 0. The molecule has 0 aliphatic heterocycles. The number of aromatic nitrogens is 3. The van der Waals surface area contributed by atoms with Crippen molar-refractivity contribution >= 4 is 0 Å². The van der Waals surface area contributed by atoms with Crippen molar-refractivity contribution in [2.45, 2.75) is 0 Å². The number of benzene rings is 8. The molecule has 0 fully saturated rings. The molecule has 1 heterocycles. The van der Waals surface area contributed by atoms with Gasteiger partial charge in [-0.25, -0.2) is 15.0 Å². The van der Waals surface area contributed by atoms with Crippen LogP contribution in [0.15, 0.2) is 212 Å². The Kier molecular flexibility index (Phi) is 8.94. The van der Waals surface area contributed by atoms with Gasteiger partial charge in [-0.15, -0.1) is 0 Å². The molecule has 9 aromatic rings. The van der Waals surface area contributed by atoms with Crippen molar-refractivity contribution in [1.82, 2.24) is 15.0 Å². The van der Waals surface area contributed by atoms with Crippen molar-refractivity contribution in [3.63, 3.8) is 0 Å². The molecule has 0 aliphatic carbocycles. The van der Waals surface area contributed by atoms with Crippen LogP contribution in [0.25, 0.3) is 89.8 Å². The standard InChI is InChI=1S/C51H35N3/c1-5-16-36(17-6-1)40-24-14-28-44(31-40)50-52-49(39-22-11-4-12-23-39)53-51(54-50)45-29-15-26-42(32-45)41-25-13-27-43(30-41)48-34-46(37-18-7-2-8-19-37)33-47(35-48)38-20-9-3-10-21-38/h1-35H. The zero-order chi connectivity index (χ0) is 36.1. The quantitative estimate of drug-likeness (QED) is 0.159. The third-order valence-electron chi connectivity index (χ3n) is 9.69. The highest BCUT2D eigenvalue weighted by molar-refractivity contribution is 5.83. The van der Waals surface area contributed by atoms with Crippen molar-refractivity contribution in [3.05, 3.63) is 212 Å². The molecule has 0 saturated carbocycles. The van der Waals surface area contributed by atoms with Crippen molar-refractivity contribution in [2.24, 2.45) is 0 Å². The van der Waals surface area contributed by atoms with Crippen LogP contribution in [0.5, 0.6) is 0 Å². The van der Waals surface area contributed by atoms with Gasteiger partial charge in [0.15, 0.2) is 17.5 Å². The van der Waals surface area contributed by atoms with Crippen molar-refractivity contribution in [1.29, 1.82) is 0 Å². The Morgan fingerprint density at radius 3 is 0.796 bits per heavy atom. The molecule has 0 atom stereocenters. The predicted molar refractivity (Wildman–Crippen MR) is 223 cm³/mol. The Balaban J connectivity index is 1.12. The maximum Gasteiger partial charge on any atom is 0.164 e. The van der Waals surface area contributed by atoms with E-state index in [1.165, 1.54) is 27.8 Å². The van der Waals surface area contributed by atoms with E-state index in [0.717, 1.165) is 44.5 Å². The molecular formula is C51H35N3. The monoisotopic (exact) mass is 689 g/mol. The smallest absolute Gasteiger partial charge is 0.164 e. The first-order valence-corrected chi connectivity index (χ1v) is 18.2. The number of rotatable bonds is 8. The topological polar surface area (TPSA) is 38.7 Å². The highest BCUT2D eigenvalue weighted by atomic mass is 15.0. The minimum absolute atomic E-state index is 0.630. The Labute approximate surface area is 316 Å². The second-order valence-electron chi connectivity index (χ2n) is 13.3. The lowest BCUT2D eigenvalue weighted by molar-refractivity contribution is 1.07. The van der Waals surface area contributed by atoms with E-state index >= 15 is 0 Å². The minimum atomic E-state index is 0.630. The van der Waals surface area contributed by atoms with Gasteiger partial charge < -0.3 is 0 Å². The van der Waals surface area contributed by atoms with Crippen LogP contribution >= 0.6 is 0 Å². The van der Waals surface area contributed by atoms with Gasteiger partial charge in [0.05, 0.1) is 0 Å². The van der Waals surface area contributed by atoms with Crippen molar-refractivity contribution < 1.29 is 0 Å². The fourth-order valence-electron chi connectivity index (χ4n) is 6.92. The molecular weight excluding hydrogens is 655 g/mol. The van der Waals surface area contributed by atoms with Crippen LogP contribution in [0.3, 0.4) is 0 Å². The maximum absolute atomic E-state index is 5.09. The summed E-state index contributed by atoms with van der Waals surface area (Å²) in [5.41, 5.74) is 14.4. The van der Waals surface area contributed by atoms with Crippen LogP contribution in [-0.2, 0) is 0 Å². The highest BCUT2D eigenvalue weighted by Gasteiger charge is 2.14. The average molecular weight is 690 g/mol. The molecule has 0 N–H and O–H groups in total. The van der Waals surface area contributed by atoms with Crippen LogP contribution < -0.4 is 0 Å². The van der Waals surface area contributed by atoms with Gasteiger partial charge in [-0.1, -0.05) is 176 Å². The zero-order valence-electron chi connectivity index (χ0n) is 29.5. The molecule has 8 aromatic carbocycles. The van der Waals surface area contributed by atoms with E-state index in [1.807, 2.05) is 36.4 Å². The van der Waals surface area contributed by atoms with E-state index in [4.69, 9.17) is 15.0 Å². The largest absolute Gasteiger partial charge is 0.208 e. The second-order valence-corrected chi connectivity index (χ2v) is 13.3. The van der Waals surface area contributed by atoms with Gasteiger partial charge in [-0.2, -0.15) is 0 Å². The van der Waals surface area contributed by atoms with E-state index in [0.29, 0.717) is 17.5 Å². The summed E-state index contributed by atoms with van der Waals surface area (Å²) < 4.78 is 0. The van der Waals surface area contributed by atoms with Crippen LogP contribution in [0.2, 0.25) is 0 Å². The van der Waals surface area contributed by atoms with Gasteiger partial charge in [0.1, 0.15) is 0 Å². The SMILES string of the molecule is c1ccc(-c2cc(-c3ccccc3)cc(-c3cccc(-c4cccc(-c5nc(-c6ccccc6)nc(-c6cccc(-c7ccccc7)c6)n5)c4)c3)c2)cc1. The molecule has 0 radical (unpaired) electrons. The lowest BCUT2D eigenvalue weighted by atomic mass is 9.92. The van der Waals surface area contributed by atoms with Crippen LogP contribution in [0.1, 0.15) is 0 Å². The van der Waals surface area contributed by atoms with Gasteiger partial charge in [0.2, 0.25) is 0 Å². The molecule has 9 rings (SSSR count).